The number of benzene rings is 1. The minimum atomic E-state index is 0.0297. The molecule has 0 heterocycles. The largest absolute Gasteiger partial charge is 0.378 e. The Morgan fingerprint density at radius 2 is 2.21 bits per heavy atom. The Morgan fingerprint density at radius 3 is 2.89 bits per heavy atom. The Balaban J connectivity index is 2.15. The second-order valence-electron chi connectivity index (χ2n) is 5.77. The Morgan fingerprint density at radius 1 is 1.42 bits per heavy atom. The molecular weight excluding hydrogens is 324 g/mol. The lowest BCUT2D eigenvalue weighted by molar-refractivity contribution is 0.409. The van der Waals surface area contributed by atoms with E-state index in [4.69, 9.17) is 17.3 Å². The van der Waals surface area contributed by atoms with Gasteiger partial charge in [0.05, 0.1) is 5.02 Å². The highest BCUT2D eigenvalue weighted by atomic mass is 79.9. The van der Waals surface area contributed by atoms with Gasteiger partial charge in [0.2, 0.25) is 0 Å². The van der Waals surface area contributed by atoms with Crippen LogP contribution in [0.1, 0.15) is 39.0 Å². The molecule has 3 N–H and O–H groups in total. The van der Waals surface area contributed by atoms with Gasteiger partial charge in [-0.2, -0.15) is 0 Å². The molecule has 19 heavy (non-hydrogen) atoms. The average molecular weight is 346 g/mol. The van der Waals surface area contributed by atoms with Crippen LogP contribution in [0.4, 0.5) is 5.69 Å². The van der Waals surface area contributed by atoms with Crippen molar-refractivity contribution in [1.29, 1.82) is 0 Å². The van der Waals surface area contributed by atoms with E-state index in [1.807, 2.05) is 12.1 Å². The Bertz CT molecular complexity index is 438. The van der Waals surface area contributed by atoms with E-state index in [0.29, 0.717) is 6.54 Å². The molecule has 0 spiro atoms. The first kappa shape index (κ1) is 15.1. The summed E-state index contributed by atoms with van der Waals surface area (Å²) in [6, 6.07) is 6.01. The molecule has 1 aliphatic carbocycles. The molecule has 1 saturated carbocycles. The van der Waals surface area contributed by atoms with Crippen LogP contribution in [0.25, 0.3) is 0 Å². The first-order valence-corrected chi connectivity index (χ1v) is 8.15. The molecule has 2 nitrogen and oxygen atoms in total. The van der Waals surface area contributed by atoms with Crippen LogP contribution in [0.5, 0.6) is 0 Å². The summed E-state index contributed by atoms with van der Waals surface area (Å²) in [6.45, 7) is 3.01. The summed E-state index contributed by atoms with van der Waals surface area (Å²) >= 11 is 9.58. The summed E-state index contributed by atoms with van der Waals surface area (Å²) in [4.78, 5) is 0. The molecule has 2 rings (SSSR count). The van der Waals surface area contributed by atoms with Crippen molar-refractivity contribution < 1.29 is 0 Å². The number of hydrogen-bond acceptors (Lipinski definition) is 2. The Labute approximate surface area is 129 Å². The topological polar surface area (TPSA) is 38.0 Å². The van der Waals surface area contributed by atoms with Gasteiger partial charge in [-0.15, -0.1) is 0 Å². The average Bonchev–Trinajstić information content (AvgIpc) is 2.57. The number of halogens is 2. The zero-order valence-corrected chi connectivity index (χ0v) is 13.7. The van der Waals surface area contributed by atoms with Crippen LogP contribution < -0.4 is 11.1 Å². The fourth-order valence-electron chi connectivity index (χ4n) is 2.84. The van der Waals surface area contributed by atoms with Gasteiger partial charge in [0.1, 0.15) is 0 Å². The van der Waals surface area contributed by atoms with Gasteiger partial charge in [0, 0.05) is 22.2 Å². The molecule has 2 unspecified atom stereocenters. The van der Waals surface area contributed by atoms with Crippen molar-refractivity contribution in [2.75, 3.05) is 11.9 Å². The van der Waals surface area contributed by atoms with Crippen molar-refractivity contribution in [3.05, 3.63) is 27.7 Å². The predicted molar refractivity (Wildman–Crippen MR) is 86.8 cm³/mol. The Hall–Kier alpha value is -0.250. The monoisotopic (exact) mass is 344 g/mol. The molecule has 0 aliphatic heterocycles. The fraction of sp³-hybridized carbons (Fsp3) is 0.600. The van der Waals surface area contributed by atoms with E-state index in [0.717, 1.165) is 33.9 Å². The minimum absolute atomic E-state index is 0.0297. The van der Waals surface area contributed by atoms with Crippen molar-refractivity contribution in [2.24, 2.45) is 11.7 Å². The van der Waals surface area contributed by atoms with E-state index < -0.39 is 0 Å². The number of anilines is 1. The first-order valence-electron chi connectivity index (χ1n) is 6.98. The molecule has 1 fully saturated rings. The summed E-state index contributed by atoms with van der Waals surface area (Å²) in [5, 5.41) is 4.38. The summed E-state index contributed by atoms with van der Waals surface area (Å²) in [6.07, 6.45) is 6.08. The minimum Gasteiger partial charge on any atom is -0.378 e. The molecule has 1 aliphatic rings. The standard InChI is InChI=1S/C15H22BrClN2/c1-11-3-2-7-15(10-18,8-6-11)19-12-4-5-13(16)14(17)9-12/h4-5,9,11,19H,2-3,6-8,10,18H2,1H3. The second-order valence-corrected chi connectivity index (χ2v) is 7.04. The van der Waals surface area contributed by atoms with Gasteiger partial charge in [-0.1, -0.05) is 31.4 Å². The Kier molecular flexibility index (Phi) is 5.15. The first-order chi connectivity index (χ1) is 9.04. The maximum absolute atomic E-state index is 6.16. The van der Waals surface area contributed by atoms with Gasteiger partial charge in [0.25, 0.3) is 0 Å². The highest BCUT2D eigenvalue weighted by Crippen LogP contribution is 2.34. The maximum atomic E-state index is 6.16. The SMILES string of the molecule is CC1CCCC(CN)(Nc2ccc(Br)c(Cl)c2)CC1. The lowest BCUT2D eigenvalue weighted by Gasteiger charge is -2.34. The summed E-state index contributed by atoms with van der Waals surface area (Å²) < 4.78 is 0.927. The second kappa shape index (κ2) is 6.47. The molecule has 1 aromatic rings. The molecular formula is C15H22BrClN2. The van der Waals surface area contributed by atoms with Crippen LogP contribution in [0, 0.1) is 5.92 Å². The molecule has 106 valence electrons. The third kappa shape index (κ3) is 3.87. The van der Waals surface area contributed by atoms with Crippen molar-refractivity contribution >= 4 is 33.2 Å². The summed E-state index contributed by atoms with van der Waals surface area (Å²) in [5.41, 5.74) is 7.16. The molecule has 0 radical (unpaired) electrons. The molecule has 0 aromatic heterocycles. The van der Waals surface area contributed by atoms with Gasteiger partial charge in [-0.25, -0.2) is 0 Å². The third-order valence-corrected chi connectivity index (χ3v) is 5.42. The van der Waals surface area contributed by atoms with Crippen LogP contribution in [0.2, 0.25) is 5.02 Å². The van der Waals surface area contributed by atoms with Crippen molar-refractivity contribution in [1.82, 2.24) is 0 Å². The number of rotatable bonds is 3. The van der Waals surface area contributed by atoms with Crippen molar-refractivity contribution in [3.8, 4) is 0 Å². The number of nitrogens with two attached hydrogens (primary N) is 1. The third-order valence-electron chi connectivity index (χ3n) is 4.19. The van der Waals surface area contributed by atoms with E-state index in [-0.39, 0.29) is 5.54 Å². The fourth-order valence-corrected chi connectivity index (χ4v) is 3.27. The molecule has 1 aromatic carbocycles. The van der Waals surface area contributed by atoms with Gasteiger partial charge >= 0.3 is 0 Å². The molecule has 0 amide bonds. The quantitative estimate of drug-likeness (QED) is 0.771. The highest BCUT2D eigenvalue weighted by molar-refractivity contribution is 9.10. The molecule has 2 atom stereocenters. The van der Waals surface area contributed by atoms with E-state index in [1.54, 1.807) is 0 Å². The van der Waals surface area contributed by atoms with Gasteiger partial charge in [0.15, 0.2) is 0 Å². The lowest BCUT2D eigenvalue weighted by atomic mass is 9.89. The number of nitrogens with one attached hydrogen (secondary N) is 1. The summed E-state index contributed by atoms with van der Waals surface area (Å²) in [7, 11) is 0. The molecule has 0 bridgehead atoms. The summed E-state index contributed by atoms with van der Waals surface area (Å²) in [5.74, 6) is 0.809. The van der Waals surface area contributed by atoms with Gasteiger partial charge < -0.3 is 11.1 Å². The van der Waals surface area contributed by atoms with Crippen LogP contribution in [0.3, 0.4) is 0 Å². The van der Waals surface area contributed by atoms with Crippen LogP contribution >= 0.6 is 27.5 Å². The van der Waals surface area contributed by atoms with Gasteiger partial charge in [-0.05, 0) is 59.3 Å². The van der Waals surface area contributed by atoms with Crippen LogP contribution in [-0.2, 0) is 0 Å². The van der Waals surface area contributed by atoms with Crippen molar-refractivity contribution in [2.45, 2.75) is 44.6 Å². The highest BCUT2D eigenvalue weighted by Gasteiger charge is 2.30. The van der Waals surface area contributed by atoms with Gasteiger partial charge in [-0.3, -0.25) is 0 Å². The smallest absolute Gasteiger partial charge is 0.0568 e. The van der Waals surface area contributed by atoms with Crippen molar-refractivity contribution in [3.63, 3.8) is 0 Å². The zero-order valence-electron chi connectivity index (χ0n) is 11.4. The molecule has 4 heteroatoms. The predicted octanol–water partition coefficient (Wildman–Crippen LogP) is 4.81. The van der Waals surface area contributed by atoms with Crippen LogP contribution in [-0.4, -0.2) is 12.1 Å². The van der Waals surface area contributed by atoms with E-state index in [1.165, 1.54) is 19.3 Å². The van der Waals surface area contributed by atoms with Crippen LogP contribution in [0.15, 0.2) is 22.7 Å². The maximum Gasteiger partial charge on any atom is 0.0568 e. The normalized spacial score (nSPS) is 27.9. The molecule has 0 saturated heterocycles. The zero-order chi connectivity index (χ0) is 13.9. The number of hydrogen-bond donors (Lipinski definition) is 2. The van der Waals surface area contributed by atoms with E-state index in [2.05, 4.69) is 34.2 Å². The van der Waals surface area contributed by atoms with E-state index >= 15 is 0 Å². The lowest BCUT2D eigenvalue weighted by Crippen LogP contribution is -2.45. The van der Waals surface area contributed by atoms with E-state index in [9.17, 15) is 0 Å².